The smallest absolute Gasteiger partial charge is 0.419 e. The molecule has 0 saturated carbocycles. The molecule has 0 aliphatic carbocycles. The van der Waals surface area contributed by atoms with Crippen LogP contribution in [-0.2, 0) is 9.47 Å². The van der Waals surface area contributed by atoms with E-state index in [9.17, 15) is 9.59 Å². The molecule has 1 N–H and O–H groups in total. The predicted molar refractivity (Wildman–Crippen MR) is 113 cm³/mol. The minimum absolute atomic E-state index is 0.232. The maximum absolute atomic E-state index is 12.9. The van der Waals surface area contributed by atoms with Crippen molar-refractivity contribution in [2.45, 2.75) is 33.8 Å². The lowest BCUT2D eigenvalue weighted by molar-refractivity contribution is 0.130. The molecule has 2 aromatic rings. The Morgan fingerprint density at radius 1 is 1.10 bits per heavy atom. The second kappa shape index (κ2) is 11.1. The fraction of sp³-hybridized carbons (Fsp3) is 0.364. The van der Waals surface area contributed by atoms with Crippen LogP contribution in [0.1, 0.15) is 26.3 Å². The summed E-state index contributed by atoms with van der Waals surface area (Å²) in [5, 5.41) is 2.61. The van der Waals surface area contributed by atoms with Gasteiger partial charge in [-0.2, -0.15) is 0 Å². The quantitative estimate of drug-likeness (QED) is 0.632. The summed E-state index contributed by atoms with van der Waals surface area (Å²) in [5.74, 6) is 0.312. The van der Waals surface area contributed by atoms with Crippen LogP contribution in [0.3, 0.4) is 0 Å². The first kappa shape index (κ1) is 22.2. The Kier molecular flexibility index (Phi) is 8.48. The van der Waals surface area contributed by atoms with Crippen LogP contribution in [0, 0.1) is 6.92 Å². The van der Waals surface area contributed by atoms with Gasteiger partial charge in [-0.3, -0.25) is 10.2 Å². The molecular formula is C22H28N2O5. The SMILES string of the molecule is CCOCCN(C(=O)Oc1cccc(NC(=O)OC(C)C)c1)c1ccccc1C. The van der Waals surface area contributed by atoms with Gasteiger partial charge in [0.2, 0.25) is 0 Å². The minimum Gasteiger partial charge on any atom is -0.447 e. The molecule has 29 heavy (non-hydrogen) atoms. The molecule has 7 nitrogen and oxygen atoms in total. The van der Waals surface area contributed by atoms with E-state index in [4.69, 9.17) is 14.2 Å². The molecule has 2 rings (SSSR count). The first-order valence-corrected chi connectivity index (χ1v) is 9.61. The van der Waals surface area contributed by atoms with Gasteiger partial charge in [0.1, 0.15) is 5.75 Å². The Morgan fingerprint density at radius 2 is 1.86 bits per heavy atom. The van der Waals surface area contributed by atoms with Gasteiger partial charge < -0.3 is 14.2 Å². The van der Waals surface area contributed by atoms with E-state index >= 15 is 0 Å². The molecule has 0 aliphatic rings. The number of hydrogen-bond acceptors (Lipinski definition) is 5. The van der Waals surface area contributed by atoms with Crippen molar-refractivity contribution in [3.05, 3.63) is 54.1 Å². The molecule has 0 bridgehead atoms. The van der Waals surface area contributed by atoms with E-state index in [0.29, 0.717) is 31.2 Å². The molecule has 0 atom stereocenters. The van der Waals surface area contributed by atoms with Gasteiger partial charge in [0, 0.05) is 18.4 Å². The van der Waals surface area contributed by atoms with Crippen molar-refractivity contribution in [1.29, 1.82) is 0 Å². The summed E-state index contributed by atoms with van der Waals surface area (Å²) in [5.41, 5.74) is 2.18. The number of anilines is 2. The molecule has 2 aromatic carbocycles. The molecular weight excluding hydrogens is 372 g/mol. The maximum Gasteiger partial charge on any atom is 0.419 e. The lowest BCUT2D eigenvalue weighted by Gasteiger charge is -2.23. The van der Waals surface area contributed by atoms with Crippen LogP contribution >= 0.6 is 0 Å². The molecule has 156 valence electrons. The highest BCUT2D eigenvalue weighted by atomic mass is 16.6. The van der Waals surface area contributed by atoms with E-state index in [1.54, 1.807) is 38.1 Å². The Morgan fingerprint density at radius 3 is 2.55 bits per heavy atom. The molecule has 0 spiro atoms. The summed E-state index contributed by atoms with van der Waals surface area (Å²) in [4.78, 5) is 26.2. The van der Waals surface area contributed by atoms with Gasteiger partial charge in [-0.25, -0.2) is 9.59 Å². The fourth-order valence-corrected chi connectivity index (χ4v) is 2.63. The van der Waals surface area contributed by atoms with Crippen LogP contribution in [0.4, 0.5) is 21.0 Å². The van der Waals surface area contributed by atoms with Crippen LogP contribution in [0.2, 0.25) is 0 Å². The largest absolute Gasteiger partial charge is 0.447 e. The number of amides is 2. The third-order valence-corrected chi connectivity index (χ3v) is 3.92. The summed E-state index contributed by atoms with van der Waals surface area (Å²) in [7, 11) is 0. The number of aryl methyl sites for hydroxylation is 1. The van der Waals surface area contributed by atoms with Crippen molar-refractivity contribution in [3.63, 3.8) is 0 Å². The third-order valence-electron chi connectivity index (χ3n) is 3.92. The van der Waals surface area contributed by atoms with Crippen LogP contribution < -0.4 is 15.0 Å². The average Bonchev–Trinajstić information content (AvgIpc) is 2.65. The highest BCUT2D eigenvalue weighted by Crippen LogP contribution is 2.23. The zero-order valence-electron chi connectivity index (χ0n) is 17.3. The summed E-state index contributed by atoms with van der Waals surface area (Å²) < 4.78 is 16.0. The number of benzene rings is 2. The van der Waals surface area contributed by atoms with Crippen LogP contribution in [0.5, 0.6) is 5.75 Å². The number of hydrogen-bond donors (Lipinski definition) is 1. The molecule has 0 unspecified atom stereocenters. The maximum atomic E-state index is 12.9. The van der Waals surface area contributed by atoms with Gasteiger partial charge in [-0.1, -0.05) is 24.3 Å². The predicted octanol–water partition coefficient (Wildman–Crippen LogP) is 4.99. The van der Waals surface area contributed by atoms with E-state index in [0.717, 1.165) is 11.3 Å². The van der Waals surface area contributed by atoms with Gasteiger partial charge in [0.05, 0.1) is 24.9 Å². The van der Waals surface area contributed by atoms with Crippen molar-refractivity contribution >= 4 is 23.6 Å². The highest BCUT2D eigenvalue weighted by Gasteiger charge is 2.20. The lowest BCUT2D eigenvalue weighted by atomic mass is 10.2. The Hall–Kier alpha value is -3.06. The Bertz CT molecular complexity index is 822. The van der Waals surface area contributed by atoms with Crippen LogP contribution in [0.25, 0.3) is 0 Å². The zero-order chi connectivity index (χ0) is 21.2. The monoisotopic (exact) mass is 400 g/mol. The molecule has 0 heterocycles. The fourth-order valence-electron chi connectivity index (χ4n) is 2.63. The zero-order valence-corrected chi connectivity index (χ0v) is 17.3. The molecule has 0 fully saturated rings. The molecule has 7 heteroatoms. The van der Waals surface area contributed by atoms with Crippen molar-refractivity contribution in [1.82, 2.24) is 0 Å². The first-order chi connectivity index (χ1) is 13.9. The topological polar surface area (TPSA) is 77.1 Å². The van der Waals surface area contributed by atoms with E-state index in [-0.39, 0.29) is 6.10 Å². The number of carbonyl (C=O) groups excluding carboxylic acids is 2. The summed E-state index contributed by atoms with van der Waals surface area (Å²) >= 11 is 0. The standard InChI is InChI=1S/C22H28N2O5/c1-5-27-14-13-24(20-12-7-6-9-17(20)4)22(26)29-19-11-8-10-18(15-19)23-21(25)28-16(2)3/h6-12,15-16H,5,13-14H2,1-4H3,(H,23,25). The highest BCUT2D eigenvalue weighted by molar-refractivity contribution is 5.90. The number of carbonyl (C=O) groups is 2. The number of ether oxygens (including phenoxy) is 3. The van der Waals surface area contributed by atoms with Crippen LogP contribution in [-0.4, -0.2) is 38.0 Å². The van der Waals surface area contributed by atoms with Crippen LogP contribution in [0.15, 0.2) is 48.5 Å². The second-order valence-electron chi connectivity index (χ2n) is 6.61. The Balaban J connectivity index is 2.13. The second-order valence-corrected chi connectivity index (χ2v) is 6.61. The van der Waals surface area contributed by atoms with Gasteiger partial charge in [0.15, 0.2) is 0 Å². The lowest BCUT2D eigenvalue weighted by Crippen LogP contribution is -2.36. The average molecular weight is 400 g/mol. The van der Waals surface area contributed by atoms with E-state index in [1.807, 2.05) is 38.1 Å². The molecule has 0 radical (unpaired) electrons. The van der Waals surface area contributed by atoms with Crippen molar-refractivity contribution < 1.29 is 23.8 Å². The van der Waals surface area contributed by atoms with E-state index in [2.05, 4.69) is 5.32 Å². The van der Waals surface area contributed by atoms with Gasteiger partial charge in [0.25, 0.3) is 0 Å². The molecule has 0 aromatic heterocycles. The first-order valence-electron chi connectivity index (χ1n) is 9.61. The molecule has 2 amide bonds. The third kappa shape index (κ3) is 7.12. The van der Waals surface area contributed by atoms with E-state index < -0.39 is 12.2 Å². The number of rotatable bonds is 8. The van der Waals surface area contributed by atoms with Crippen molar-refractivity contribution in [2.75, 3.05) is 30.0 Å². The molecule has 0 saturated heterocycles. The summed E-state index contributed by atoms with van der Waals surface area (Å²) in [6.45, 7) is 8.68. The van der Waals surface area contributed by atoms with Crippen molar-refractivity contribution in [3.8, 4) is 5.75 Å². The number of nitrogens with zero attached hydrogens (tertiary/aromatic N) is 1. The van der Waals surface area contributed by atoms with Crippen molar-refractivity contribution in [2.24, 2.45) is 0 Å². The summed E-state index contributed by atoms with van der Waals surface area (Å²) in [6, 6.07) is 14.2. The van der Waals surface area contributed by atoms with Gasteiger partial charge >= 0.3 is 12.2 Å². The number of nitrogens with one attached hydrogen (secondary N) is 1. The van der Waals surface area contributed by atoms with Gasteiger partial charge in [-0.05, 0) is 51.5 Å². The Labute approximate surface area is 171 Å². The molecule has 0 aliphatic heterocycles. The minimum atomic E-state index is -0.568. The number of para-hydroxylation sites is 1. The van der Waals surface area contributed by atoms with Gasteiger partial charge in [-0.15, -0.1) is 0 Å². The normalized spacial score (nSPS) is 10.5. The summed E-state index contributed by atoms with van der Waals surface area (Å²) in [6.07, 6.45) is -1.33. The van der Waals surface area contributed by atoms with E-state index in [1.165, 1.54) is 4.90 Å².